The van der Waals surface area contributed by atoms with E-state index in [-0.39, 0.29) is 6.42 Å². The molecular weight excluding hydrogens is 303 g/mol. The van der Waals surface area contributed by atoms with E-state index in [1.165, 1.54) is 5.56 Å². The minimum absolute atomic E-state index is 0.228. The van der Waals surface area contributed by atoms with Gasteiger partial charge >= 0.3 is 6.18 Å². The molecule has 0 radical (unpaired) electrons. The standard InChI is InChI=1S/C14H18F3NS2/c1-19-20-10-12-6-4-11(5-7-12)9-18-8-2-3-13(18)14(15,16)17/h4-7,13H,2-3,8-10H2,1H3/t13-/m1/s1. The van der Waals surface area contributed by atoms with Crippen molar-refractivity contribution in [2.45, 2.75) is 37.4 Å². The number of alkyl halides is 3. The Hall–Kier alpha value is -0.330. The third-order valence-electron chi connectivity index (χ3n) is 3.49. The quantitative estimate of drug-likeness (QED) is 0.722. The summed E-state index contributed by atoms with van der Waals surface area (Å²) in [5.41, 5.74) is 2.17. The first-order valence-corrected chi connectivity index (χ1v) is 9.27. The summed E-state index contributed by atoms with van der Waals surface area (Å²) in [6.07, 6.45) is -1.21. The molecule has 1 saturated heterocycles. The van der Waals surface area contributed by atoms with E-state index >= 15 is 0 Å². The Balaban J connectivity index is 1.95. The second-order valence-electron chi connectivity index (χ2n) is 4.92. The van der Waals surface area contributed by atoms with Gasteiger partial charge in [0.15, 0.2) is 0 Å². The maximum Gasteiger partial charge on any atom is 0.404 e. The van der Waals surface area contributed by atoms with Gasteiger partial charge in [0.2, 0.25) is 0 Å². The zero-order valence-electron chi connectivity index (χ0n) is 11.3. The Bertz CT molecular complexity index is 419. The molecule has 1 fully saturated rings. The van der Waals surface area contributed by atoms with Crippen molar-refractivity contribution in [2.75, 3.05) is 12.8 Å². The van der Waals surface area contributed by atoms with Gasteiger partial charge < -0.3 is 0 Å². The molecule has 6 heteroatoms. The normalized spacial score (nSPS) is 20.5. The highest BCUT2D eigenvalue weighted by Crippen LogP contribution is 2.33. The highest BCUT2D eigenvalue weighted by atomic mass is 33.1. The van der Waals surface area contributed by atoms with E-state index in [0.29, 0.717) is 19.5 Å². The van der Waals surface area contributed by atoms with E-state index in [1.807, 2.05) is 30.5 Å². The van der Waals surface area contributed by atoms with E-state index in [2.05, 4.69) is 0 Å². The lowest BCUT2D eigenvalue weighted by atomic mass is 10.1. The van der Waals surface area contributed by atoms with Gasteiger partial charge in [-0.3, -0.25) is 4.90 Å². The highest BCUT2D eigenvalue weighted by molar-refractivity contribution is 8.76. The highest BCUT2D eigenvalue weighted by Gasteiger charge is 2.45. The van der Waals surface area contributed by atoms with Crippen molar-refractivity contribution in [3.8, 4) is 0 Å². The van der Waals surface area contributed by atoms with Crippen LogP contribution >= 0.6 is 21.6 Å². The molecule has 20 heavy (non-hydrogen) atoms. The average Bonchev–Trinajstić information content (AvgIpc) is 2.86. The first kappa shape index (κ1) is 16.0. The van der Waals surface area contributed by atoms with Crippen LogP contribution in [-0.2, 0) is 12.3 Å². The van der Waals surface area contributed by atoms with Crippen LogP contribution in [0.3, 0.4) is 0 Å². The molecule has 1 nitrogen and oxygen atoms in total. The molecule has 1 aliphatic heterocycles. The van der Waals surface area contributed by atoms with E-state index in [0.717, 1.165) is 11.3 Å². The summed E-state index contributed by atoms with van der Waals surface area (Å²) >= 11 is 0. The molecular formula is C14H18F3NS2. The van der Waals surface area contributed by atoms with Gasteiger partial charge in [0.05, 0.1) is 0 Å². The Kier molecular flexibility index (Phi) is 5.69. The second kappa shape index (κ2) is 7.09. The predicted octanol–water partition coefficient (Wildman–Crippen LogP) is 4.72. The molecule has 112 valence electrons. The van der Waals surface area contributed by atoms with Crippen LogP contribution in [0.1, 0.15) is 24.0 Å². The lowest BCUT2D eigenvalue weighted by Gasteiger charge is -2.26. The first-order chi connectivity index (χ1) is 9.50. The summed E-state index contributed by atoms with van der Waals surface area (Å²) in [7, 11) is 3.47. The first-order valence-electron chi connectivity index (χ1n) is 6.55. The van der Waals surface area contributed by atoms with Crippen molar-refractivity contribution in [1.29, 1.82) is 0 Å². The summed E-state index contributed by atoms with van der Waals surface area (Å²) in [6, 6.07) is 6.65. The summed E-state index contributed by atoms with van der Waals surface area (Å²) in [4.78, 5) is 1.55. The van der Waals surface area contributed by atoms with Gasteiger partial charge in [-0.05, 0) is 36.8 Å². The molecule has 2 rings (SSSR count). The Morgan fingerprint density at radius 3 is 2.45 bits per heavy atom. The minimum Gasteiger partial charge on any atom is -0.288 e. The molecule has 0 amide bonds. The number of hydrogen-bond donors (Lipinski definition) is 0. The zero-order valence-corrected chi connectivity index (χ0v) is 13.0. The molecule has 0 saturated carbocycles. The van der Waals surface area contributed by atoms with E-state index in [9.17, 15) is 13.2 Å². The van der Waals surface area contributed by atoms with Crippen LogP contribution in [-0.4, -0.2) is 29.9 Å². The Labute approximate surface area is 125 Å². The van der Waals surface area contributed by atoms with Crippen molar-refractivity contribution >= 4 is 21.6 Å². The van der Waals surface area contributed by atoms with Crippen LogP contribution in [0.2, 0.25) is 0 Å². The molecule has 1 aromatic rings. The topological polar surface area (TPSA) is 3.24 Å². The fourth-order valence-electron chi connectivity index (χ4n) is 2.49. The van der Waals surface area contributed by atoms with Gasteiger partial charge in [-0.25, -0.2) is 0 Å². The summed E-state index contributed by atoms with van der Waals surface area (Å²) in [6.45, 7) is 0.925. The van der Waals surface area contributed by atoms with E-state index < -0.39 is 12.2 Å². The Morgan fingerprint density at radius 2 is 1.85 bits per heavy atom. The number of rotatable bonds is 5. The van der Waals surface area contributed by atoms with Gasteiger partial charge in [0, 0.05) is 12.3 Å². The van der Waals surface area contributed by atoms with Crippen molar-refractivity contribution in [3.05, 3.63) is 35.4 Å². The van der Waals surface area contributed by atoms with Crippen LogP contribution in [0.5, 0.6) is 0 Å². The van der Waals surface area contributed by atoms with Gasteiger partial charge in [0.25, 0.3) is 0 Å². The van der Waals surface area contributed by atoms with Crippen molar-refractivity contribution < 1.29 is 13.2 Å². The lowest BCUT2D eigenvalue weighted by molar-refractivity contribution is -0.177. The molecule has 0 aliphatic carbocycles. The average molecular weight is 321 g/mol. The monoisotopic (exact) mass is 321 g/mol. The third kappa shape index (κ3) is 4.33. The molecule has 1 aliphatic rings. The largest absolute Gasteiger partial charge is 0.404 e. The number of hydrogen-bond acceptors (Lipinski definition) is 3. The number of nitrogens with zero attached hydrogens (tertiary/aromatic N) is 1. The minimum atomic E-state index is -4.11. The van der Waals surface area contributed by atoms with Crippen molar-refractivity contribution in [1.82, 2.24) is 4.90 Å². The third-order valence-corrected chi connectivity index (χ3v) is 5.24. The summed E-state index contributed by atoms with van der Waals surface area (Å²) in [5, 5.41) is 0. The molecule has 0 aromatic heterocycles. The maximum absolute atomic E-state index is 12.9. The molecule has 1 heterocycles. The number of likely N-dealkylation sites (tertiary alicyclic amines) is 1. The maximum atomic E-state index is 12.9. The van der Waals surface area contributed by atoms with Gasteiger partial charge in [-0.2, -0.15) is 13.2 Å². The predicted molar refractivity (Wildman–Crippen MR) is 80.7 cm³/mol. The molecule has 0 spiro atoms. The fourth-order valence-corrected chi connectivity index (χ4v) is 3.70. The fraction of sp³-hybridized carbons (Fsp3) is 0.571. The van der Waals surface area contributed by atoms with Crippen molar-refractivity contribution in [2.24, 2.45) is 0 Å². The van der Waals surface area contributed by atoms with Crippen molar-refractivity contribution in [3.63, 3.8) is 0 Å². The van der Waals surface area contributed by atoms with E-state index in [1.54, 1.807) is 26.5 Å². The summed E-state index contributed by atoms with van der Waals surface area (Å²) < 4.78 is 38.6. The van der Waals surface area contributed by atoms with Crippen LogP contribution in [0.4, 0.5) is 13.2 Å². The molecule has 1 atom stereocenters. The summed E-state index contributed by atoms with van der Waals surface area (Å²) in [5.74, 6) is 0.927. The number of benzene rings is 1. The van der Waals surface area contributed by atoms with Gasteiger partial charge in [-0.15, -0.1) is 0 Å². The molecule has 0 unspecified atom stereocenters. The van der Waals surface area contributed by atoms with Crippen LogP contribution in [0.15, 0.2) is 24.3 Å². The molecule has 1 aromatic carbocycles. The van der Waals surface area contributed by atoms with Crippen LogP contribution in [0, 0.1) is 0 Å². The van der Waals surface area contributed by atoms with E-state index in [4.69, 9.17) is 0 Å². The SMILES string of the molecule is CSSCc1ccc(CN2CCC[C@@H]2C(F)(F)F)cc1. The lowest BCUT2D eigenvalue weighted by Crippen LogP contribution is -2.40. The second-order valence-corrected chi connectivity index (χ2v) is 7.48. The van der Waals surface area contributed by atoms with Gasteiger partial charge in [0.1, 0.15) is 6.04 Å². The van der Waals surface area contributed by atoms with Crippen LogP contribution < -0.4 is 0 Å². The Morgan fingerprint density at radius 1 is 1.20 bits per heavy atom. The van der Waals surface area contributed by atoms with Gasteiger partial charge in [-0.1, -0.05) is 45.9 Å². The molecule has 0 N–H and O–H groups in total. The zero-order chi connectivity index (χ0) is 14.6. The number of halogens is 3. The smallest absolute Gasteiger partial charge is 0.288 e. The van der Waals surface area contributed by atoms with Crippen LogP contribution in [0.25, 0.3) is 0 Å². The molecule has 0 bridgehead atoms.